The first kappa shape index (κ1) is 12.9. The number of halogens is 1. The van der Waals surface area contributed by atoms with Crippen molar-refractivity contribution in [2.75, 3.05) is 17.2 Å². The molecule has 0 aliphatic carbocycles. The highest BCUT2D eigenvalue weighted by Crippen LogP contribution is 2.31. The molecule has 1 aromatic carbocycles. The Bertz CT molecular complexity index is 672. The minimum absolute atomic E-state index is 0.107. The summed E-state index contributed by atoms with van der Waals surface area (Å²) >= 11 is 6.06. The Morgan fingerprint density at radius 2 is 2.20 bits per heavy atom. The Balaban J connectivity index is 2.03. The highest BCUT2D eigenvalue weighted by Gasteiger charge is 2.25. The van der Waals surface area contributed by atoms with Crippen molar-refractivity contribution in [3.05, 3.63) is 52.8 Å². The van der Waals surface area contributed by atoms with Crippen molar-refractivity contribution in [1.82, 2.24) is 4.98 Å². The molecule has 0 radical (unpaired) electrons. The van der Waals surface area contributed by atoms with Gasteiger partial charge in [0.2, 0.25) is 0 Å². The molecule has 0 spiro atoms. The number of rotatable bonds is 1. The van der Waals surface area contributed by atoms with Crippen LogP contribution >= 0.6 is 11.6 Å². The first-order chi connectivity index (χ1) is 9.66. The van der Waals surface area contributed by atoms with Crippen LogP contribution in [-0.2, 0) is 6.42 Å². The van der Waals surface area contributed by atoms with E-state index in [1.54, 1.807) is 17.2 Å². The number of anilines is 2. The fourth-order valence-electron chi connectivity index (χ4n) is 2.50. The molecule has 2 heterocycles. The zero-order chi connectivity index (χ0) is 14.1. The molecule has 2 aromatic rings. The highest BCUT2D eigenvalue weighted by molar-refractivity contribution is 6.34. The van der Waals surface area contributed by atoms with Crippen molar-refractivity contribution in [1.29, 1.82) is 0 Å². The van der Waals surface area contributed by atoms with Gasteiger partial charge in [0.15, 0.2) is 0 Å². The van der Waals surface area contributed by atoms with Crippen LogP contribution in [0.2, 0.25) is 5.02 Å². The lowest BCUT2D eigenvalue weighted by Gasteiger charge is -2.30. The number of pyridine rings is 1. The minimum atomic E-state index is -0.107. The van der Waals surface area contributed by atoms with Crippen molar-refractivity contribution in [3.8, 4) is 0 Å². The molecule has 20 heavy (non-hydrogen) atoms. The number of hydrogen-bond donors (Lipinski definition) is 1. The summed E-state index contributed by atoms with van der Waals surface area (Å²) in [6.45, 7) is 0.675. The Hall–Kier alpha value is -2.07. The monoisotopic (exact) mass is 287 g/mol. The molecule has 1 aliphatic rings. The maximum atomic E-state index is 12.7. The first-order valence-electron chi connectivity index (χ1n) is 6.46. The number of carbonyl (C=O) groups is 1. The minimum Gasteiger partial charge on any atom is -0.399 e. The molecule has 0 fully saturated rings. The van der Waals surface area contributed by atoms with Crippen LogP contribution in [-0.4, -0.2) is 17.4 Å². The van der Waals surface area contributed by atoms with E-state index in [4.69, 9.17) is 17.3 Å². The normalized spacial score (nSPS) is 13.9. The summed E-state index contributed by atoms with van der Waals surface area (Å²) in [6, 6.07) is 7.34. The predicted octanol–water partition coefficient (Wildman–Crippen LogP) is 2.91. The number of nitrogens with two attached hydrogens (primary N) is 1. The molecule has 1 aromatic heterocycles. The maximum absolute atomic E-state index is 12.7. The third kappa shape index (κ3) is 2.23. The van der Waals surface area contributed by atoms with Crippen LogP contribution in [0.15, 0.2) is 36.7 Å². The van der Waals surface area contributed by atoms with Crippen LogP contribution < -0.4 is 10.6 Å². The smallest absolute Gasteiger partial charge is 0.259 e. The van der Waals surface area contributed by atoms with Gasteiger partial charge in [-0.1, -0.05) is 17.7 Å². The number of aromatic nitrogens is 1. The topological polar surface area (TPSA) is 59.2 Å². The van der Waals surface area contributed by atoms with E-state index < -0.39 is 0 Å². The fraction of sp³-hybridized carbons (Fsp3) is 0.200. The van der Waals surface area contributed by atoms with Gasteiger partial charge in [-0.2, -0.15) is 0 Å². The lowest BCUT2D eigenvalue weighted by Crippen LogP contribution is -2.35. The molecule has 0 saturated carbocycles. The lowest BCUT2D eigenvalue weighted by atomic mass is 10.0. The number of nitrogens with zero attached hydrogens (tertiary/aromatic N) is 2. The average Bonchev–Trinajstić information content (AvgIpc) is 2.46. The number of hydrogen-bond acceptors (Lipinski definition) is 3. The zero-order valence-electron chi connectivity index (χ0n) is 10.8. The number of benzene rings is 1. The number of amides is 1. The summed E-state index contributed by atoms with van der Waals surface area (Å²) in [5, 5.41) is 0.369. The quantitative estimate of drug-likeness (QED) is 0.821. The summed E-state index contributed by atoms with van der Waals surface area (Å²) in [7, 11) is 0. The molecule has 0 saturated heterocycles. The summed E-state index contributed by atoms with van der Waals surface area (Å²) < 4.78 is 0. The van der Waals surface area contributed by atoms with Crippen LogP contribution in [0.3, 0.4) is 0 Å². The van der Waals surface area contributed by atoms with Gasteiger partial charge in [0.1, 0.15) is 0 Å². The zero-order valence-corrected chi connectivity index (χ0v) is 11.6. The van der Waals surface area contributed by atoms with Gasteiger partial charge in [-0.05, 0) is 36.6 Å². The van der Waals surface area contributed by atoms with Crippen molar-refractivity contribution in [3.63, 3.8) is 0 Å². The van der Waals surface area contributed by atoms with Gasteiger partial charge in [0.25, 0.3) is 5.91 Å². The van der Waals surface area contributed by atoms with Gasteiger partial charge in [0.05, 0.1) is 10.6 Å². The van der Waals surface area contributed by atoms with Gasteiger partial charge < -0.3 is 10.6 Å². The third-order valence-corrected chi connectivity index (χ3v) is 3.78. The molecule has 1 amide bonds. The van der Waals surface area contributed by atoms with Crippen LogP contribution in [0.4, 0.5) is 11.4 Å². The molecule has 5 heteroatoms. The lowest BCUT2D eigenvalue weighted by molar-refractivity contribution is 0.0985. The maximum Gasteiger partial charge on any atom is 0.259 e. The van der Waals surface area contributed by atoms with Gasteiger partial charge in [-0.25, -0.2) is 0 Å². The van der Waals surface area contributed by atoms with E-state index >= 15 is 0 Å². The first-order valence-corrected chi connectivity index (χ1v) is 6.84. The number of carbonyl (C=O) groups excluding carboxylic acids is 1. The predicted molar refractivity (Wildman–Crippen MR) is 80.1 cm³/mol. The van der Waals surface area contributed by atoms with Crippen molar-refractivity contribution >= 4 is 28.9 Å². The van der Waals surface area contributed by atoms with E-state index in [0.717, 1.165) is 24.1 Å². The second kappa shape index (κ2) is 5.13. The van der Waals surface area contributed by atoms with E-state index in [1.807, 2.05) is 18.2 Å². The van der Waals surface area contributed by atoms with Crippen molar-refractivity contribution < 1.29 is 4.79 Å². The molecule has 0 atom stereocenters. The Labute approximate surface area is 122 Å². The van der Waals surface area contributed by atoms with Crippen molar-refractivity contribution in [2.24, 2.45) is 0 Å². The Morgan fingerprint density at radius 1 is 1.35 bits per heavy atom. The molecule has 3 rings (SSSR count). The van der Waals surface area contributed by atoms with E-state index in [1.165, 1.54) is 6.20 Å². The Kier molecular flexibility index (Phi) is 3.32. The number of fused-ring (bicyclic) bond motifs is 1. The molecule has 102 valence electrons. The average molecular weight is 288 g/mol. The van der Waals surface area contributed by atoms with Crippen LogP contribution in [0.25, 0.3) is 0 Å². The SMILES string of the molecule is Nc1ccc2c(c1)N(C(=O)c1ccncc1Cl)CCC2. The fourth-order valence-corrected chi connectivity index (χ4v) is 2.70. The van der Waals surface area contributed by atoms with Gasteiger partial charge in [-0.3, -0.25) is 9.78 Å². The molecular formula is C15H14ClN3O. The molecule has 1 aliphatic heterocycles. The van der Waals surface area contributed by atoms with E-state index in [0.29, 0.717) is 22.8 Å². The largest absolute Gasteiger partial charge is 0.399 e. The van der Waals surface area contributed by atoms with Crippen LogP contribution in [0.5, 0.6) is 0 Å². The third-order valence-electron chi connectivity index (χ3n) is 3.48. The van der Waals surface area contributed by atoms with E-state index in [-0.39, 0.29) is 5.91 Å². The molecular weight excluding hydrogens is 274 g/mol. The van der Waals surface area contributed by atoms with Crippen LogP contribution in [0.1, 0.15) is 22.3 Å². The van der Waals surface area contributed by atoms with E-state index in [2.05, 4.69) is 4.98 Å². The van der Waals surface area contributed by atoms with Gasteiger partial charge in [-0.15, -0.1) is 0 Å². The second-order valence-corrected chi connectivity index (χ2v) is 5.21. The van der Waals surface area contributed by atoms with Crippen LogP contribution in [0, 0.1) is 0 Å². The van der Waals surface area contributed by atoms with Gasteiger partial charge in [0, 0.05) is 30.3 Å². The van der Waals surface area contributed by atoms with E-state index in [9.17, 15) is 4.79 Å². The number of aryl methyl sites for hydroxylation is 1. The standard InChI is InChI=1S/C15H14ClN3O/c16-13-9-18-6-5-12(13)15(20)19-7-1-2-10-3-4-11(17)8-14(10)19/h3-6,8-9H,1-2,7,17H2. The number of nitrogen functional groups attached to an aromatic ring is 1. The van der Waals surface area contributed by atoms with Gasteiger partial charge >= 0.3 is 0 Å². The molecule has 2 N–H and O–H groups in total. The summed E-state index contributed by atoms with van der Waals surface area (Å²) in [6.07, 6.45) is 4.96. The Morgan fingerprint density at radius 3 is 3.00 bits per heavy atom. The second-order valence-electron chi connectivity index (χ2n) is 4.80. The molecule has 0 bridgehead atoms. The summed E-state index contributed by atoms with van der Waals surface area (Å²) in [5.41, 5.74) is 8.99. The highest BCUT2D eigenvalue weighted by atomic mass is 35.5. The summed E-state index contributed by atoms with van der Waals surface area (Å²) in [4.78, 5) is 18.3. The molecule has 4 nitrogen and oxygen atoms in total. The molecule has 0 unspecified atom stereocenters. The van der Waals surface area contributed by atoms with Crippen molar-refractivity contribution in [2.45, 2.75) is 12.8 Å². The summed E-state index contributed by atoms with van der Waals surface area (Å²) in [5.74, 6) is -0.107.